The molecule has 0 aliphatic heterocycles. The molecule has 1 amide bonds. The molecule has 7 heteroatoms. The number of fused-ring (bicyclic) bond motifs is 1. The number of halogens is 1. The smallest absolute Gasteiger partial charge is 0.266 e. The van der Waals surface area contributed by atoms with E-state index < -0.39 is 0 Å². The molecule has 1 aromatic carbocycles. The maximum Gasteiger partial charge on any atom is 0.266 e. The summed E-state index contributed by atoms with van der Waals surface area (Å²) in [5, 5.41) is 6.43. The van der Waals surface area contributed by atoms with Crippen LogP contribution in [0, 0.1) is 13.8 Å². The van der Waals surface area contributed by atoms with E-state index >= 15 is 0 Å². The zero-order valence-electron chi connectivity index (χ0n) is 15.5. The Kier molecular flexibility index (Phi) is 5.96. The average Bonchev–Trinajstić information content (AvgIpc) is 3.00. The van der Waals surface area contributed by atoms with E-state index in [1.807, 2.05) is 38.1 Å². The Labute approximate surface area is 162 Å². The lowest BCUT2D eigenvalue weighted by Gasteiger charge is -2.11. The molecule has 0 saturated carbocycles. The number of amides is 1. The van der Waals surface area contributed by atoms with Crippen LogP contribution in [0.4, 0.5) is 0 Å². The molecular formula is C20H23ClN4O2. The van der Waals surface area contributed by atoms with Crippen molar-refractivity contribution < 1.29 is 4.79 Å². The number of rotatable bonds is 7. The summed E-state index contributed by atoms with van der Waals surface area (Å²) in [6, 6.07) is 9.23. The number of aromatic nitrogens is 3. The van der Waals surface area contributed by atoms with Gasteiger partial charge in [-0.15, -0.1) is 0 Å². The van der Waals surface area contributed by atoms with E-state index in [0.29, 0.717) is 25.0 Å². The number of nitrogens with one attached hydrogen (secondary N) is 2. The molecule has 3 aromatic rings. The second-order valence-corrected chi connectivity index (χ2v) is 7.09. The first-order valence-corrected chi connectivity index (χ1v) is 9.41. The fourth-order valence-electron chi connectivity index (χ4n) is 3.22. The zero-order valence-corrected chi connectivity index (χ0v) is 16.3. The fourth-order valence-corrected chi connectivity index (χ4v) is 3.34. The molecule has 3 rings (SSSR count). The Morgan fingerprint density at radius 2 is 1.96 bits per heavy atom. The highest BCUT2D eigenvalue weighted by Crippen LogP contribution is 2.15. The highest BCUT2D eigenvalue weighted by atomic mass is 35.5. The van der Waals surface area contributed by atoms with E-state index in [1.54, 1.807) is 4.52 Å². The largest absolute Gasteiger partial charge is 0.356 e. The summed E-state index contributed by atoms with van der Waals surface area (Å²) in [6.45, 7) is 4.47. The predicted molar refractivity (Wildman–Crippen MR) is 106 cm³/mol. The number of carbonyl (C=O) groups excluding carboxylic acids is 1. The molecule has 2 aromatic heterocycles. The van der Waals surface area contributed by atoms with Crippen molar-refractivity contribution in [3.8, 4) is 0 Å². The molecule has 0 spiro atoms. The third kappa shape index (κ3) is 4.77. The lowest BCUT2D eigenvalue weighted by Crippen LogP contribution is -2.25. The number of benzene rings is 1. The van der Waals surface area contributed by atoms with Crippen LogP contribution in [0.5, 0.6) is 0 Å². The van der Waals surface area contributed by atoms with E-state index in [0.717, 1.165) is 34.8 Å². The second kappa shape index (κ2) is 8.39. The minimum absolute atomic E-state index is 0.0194. The number of aryl methyl sites for hydroxylation is 3. The van der Waals surface area contributed by atoms with Gasteiger partial charge in [-0.05, 0) is 56.4 Å². The van der Waals surface area contributed by atoms with Crippen molar-refractivity contribution in [2.24, 2.45) is 0 Å². The van der Waals surface area contributed by atoms with Crippen LogP contribution in [0.15, 0.2) is 35.1 Å². The average molecular weight is 387 g/mol. The maximum atomic E-state index is 12.1. The maximum absolute atomic E-state index is 12.1. The van der Waals surface area contributed by atoms with E-state index in [9.17, 15) is 9.59 Å². The van der Waals surface area contributed by atoms with Gasteiger partial charge in [-0.2, -0.15) is 0 Å². The van der Waals surface area contributed by atoms with Gasteiger partial charge in [0, 0.05) is 35.4 Å². The van der Waals surface area contributed by atoms with Gasteiger partial charge in [0.1, 0.15) is 0 Å². The van der Waals surface area contributed by atoms with Crippen LogP contribution < -0.4 is 10.9 Å². The third-order valence-electron chi connectivity index (χ3n) is 4.68. The van der Waals surface area contributed by atoms with Gasteiger partial charge in [0.15, 0.2) is 5.65 Å². The summed E-state index contributed by atoms with van der Waals surface area (Å²) in [4.78, 5) is 28.1. The molecule has 2 heterocycles. The lowest BCUT2D eigenvalue weighted by atomic mass is 10.1. The summed E-state index contributed by atoms with van der Waals surface area (Å²) < 4.78 is 1.68. The van der Waals surface area contributed by atoms with Gasteiger partial charge in [-0.25, -0.2) is 9.50 Å². The standard InChI is InChI=1S/C20H23ClN4O2/c1-13-17(14(2)25-18(23-13)12-20(27)24-25)9-10-19(26)22-11-3-4-15-5-7-16(21)8-6-15/h5-8,12H,3-4,9-11H2,1-2H3,(H,22,26)(H,24,27). The monoisotopic (exact) mass is 386 g/mol. The first-order chi connectivity index (χ1) is 12.9. The van der Waals surface area contributed by atoms with Gasteiger partial charge in [-0.1, -0.05) is 23.7 Å². The number of aromatic amines is 1. The molecule has 0 unspecified atom stereocenters. The van der Waals surface area contributed by atoms with Crippen LogP contribution in [0.3, 0.4) is 0 Å². The zero-order chi connectivity index (χ0) is 19.4. The predicted octanol–water partition coefficient (Wildman–Crippen LogP) is 2.97. The van der Waals surface area contributed by atoms with E-state index in [-0.39, 0.29) is 11.5 Å². The van der Waals surface area contributed by atoms with Crippen molar-refractivity contribution in [1.82, 2.24) is 19.9 Å². The van der Waals surface area contributed by atoms with Crippen molar-refractivity contribution >= 4 is 23.2 Å². The molecule has 0 bridgehead atoms. The third-order valence-corrected chi connectivity index (χ3v) is 4.93. The van der Waals surface area contributed by atoms with Gasteiger partial charge in [0.25, 0.3) is 5.56 Å². The highest BCUT2D eigenvalue weighted by molar-refractivity contribution is 6.30. The molecule has 0 radical (unpaired) electrons. The lowest BCUT2D eigenvalue weighted by molar-refractivity contribution is -0.121. The normalized spacial score (nSPS) is 11.1. The summed E-state index contributed by atoms with van der Waals surface area (Å²) in [7, 11) is 0. The van der Waals surface area contributed by atoms with Crippen LogP contribution in [0.1, 0.15) is 35.4 Å². The Morgan fingerprint density at radius 1 is 1.22 bits per heavy atom. The van der Waals surface area contributed by atoms with E-state index in [2.05, 4.69) is 15.4 Å². The number of H-pyrrole nitrogens is 1. The minimum atomic E-state index is -0.180. The quantitative estimate of drug-likeness (QED) is 0.612. The summed E-state index contributed by atoms with van der Waals surface area (Å²) in [5.41, 5.74) is 4.38. The number of nitrogens with zero attached hydrogens (tertiary/aromatic N) is 2. The summed E-state index contributed by atoms with van der Waals surface area (Å²) >= 11 is 5.87. The van der Waals surface area contributed by atoms with Gasteiger partial charge >= 0.3 is 0 Å². The van der Waals surface area contributed by atoms with Crippen LogP contribution in [-0.2, 0) is 17.6 Å². The van der Waals surface area contributed by atoms with Crippen LogP contribution >= 0.6 is 11.6 Å². The van der Waals surface area contributed by atoms with Gasteiger partial charge in [0.2, 0.25) is 5.91 Å². The summed E-state index contributed by atoms with van der Waals surface area (Å²) in [5.74, 6) is 0.0194. The first kappa shape index (κ1) is 19.2. The Bertz CT molecular complexity index is 1010. The summed E-state index contributed by atoms with van der Waals surface area (Å²) in [6.07, 6.45) is 2.76. The van der Waals surface area contributed by atoms with Crippen molar-refractivity contribution in [3.05, 3.63) is 68.2 Å². The second-order valence-electron chi connectivity index (χ2n) is 6.66. The number of hydrogen-bond donors (Lipinski definition) is 2. The Morgan fingerprint density at radius 3 is 2.70 bits per heavy atom. The van der Waals surface area contributed by atoms with E-state index in [4.69, 9.17) is 11.6 Å². The van der Waals surface area contributed by atoms with Crippen LogP contribution in [0.2, 0.25) is 5.02 Å². The van der Waals surface area contributed by atoms with Crippen molar-refractivity contribution in [2.75, 3.05) is 6.54 Å². The van der Waals surface area contributed by atoms with Gasteiger partial charge < -0.3 is 5.32 Å². The van der Waals surface area contributed by atoms with Crippen molar-refractivity contribution in [1.29, 1.82) is 0 Å². The molecule has 2 N–H and O–H groups in total. The molecule has 0 saturated heterocycles. The molecule has 0 fully saturated rings. The van der Waals surface area contributed by atoms with Gasteiger partial charge in [-0.3, -0.25) is 14.7 Å². The van der Waals surface area contributed by atoms with Crippen LogP contribution in [-0.4, -0.2) is 27.0 Å². The minimum Gasteiger partial charge on any atom is -0.356 e. The molecule has 0 aliphatic rings. The molecule has 142 valence electrons. The Hall–Kier alpha value is -2.60. The van der Waals surface area contributed by atoms with Crippen LogP contribution in [0.25, 0.3) is 5.65 Å². The van der Waals surface area contributed by atoms with Gasteiger partial charge in [0.05, 0.1) is 0 Å². The fraction of sp³-hybridized carbons (Fsp3) is 0.350. The topological polar surface area (TPSA) is 79.3 Å². The molecule has 0 atom stereocenters. The Balaban J connectivity index is 1.49. The molecular weight excluding hydrogens is 364 g/mol. The molecule has 0 aliphatic carbocycles. The van der Waals surface area contributed by atoms with Crippen molar-refractivity contribution in [2.45, 2.75) is 39.5 Å². The molecule has 27 heavy (non-hydrogen) atoms. The van der Waals surface area contributed by atoms with E-state index in [1.165, 1.54) is 11.6 Å². The number of hydrogen-bond acceptors (Lipinski definition) is 3. The first-order valence-electron chi connectivity index (χ1n) is 9.03. The SMILES string of the molecule is Cc1nc2cc(=O)[nH]n2c(C)c1CCC(=O)NCCCc1ccc(Cl)cc1. The number of carbonyl (C=O) groups is 1. The van der Waals surface area contributed by atoms with Crippen molar-refractivity contribution in [3.63, 3.8) is 0 Å². The molecule has 6 nitrogen and oxygen atoms in total. The highest BCUT2D eigenvalue weighted by Gasteiger charge is 2.12.